The van der Waals surface area contributed by atoms with Gasteiger partial charge < -0.3 is 19.2 Å². The SMILES string of the molecule is C=C(C)C(=O)C1=[C-]CC=C1.C=O.C=O.C=O.[Mn]. The summed E-state index contributed by atoms with van der Waals surface area (Å²) in [5.74, 6) is 0.00810. The van der Waals surface area contributed by atoms with Crippen molar-refractivity contribution in [2.75, 3.05) is 0 Å². The molecule has 4 nitrogen and oxygen atoms in total. The van der Waals surface area contributed by atoms with Crippen LogP contribution < -0.4 is 0 Å². The van der Waals surface area contributed by atoms with Gasteiger partial charge in [-0.1, -0.05) is 12.0 Å². The van der Waals surface area contributed by atoms with E-state index in [1.165, 1.54) is 0 Å². The Morgan fingerprint density at radius 3 is 1.82 bits per heavy atom. The Morgan fingerprint density at radius 2 is 1.59 bits per heavy atom. The number of allylic oxidation sites excluding steroid dienone is 5. The first-order chi connectivity index (χ1) is 7.72. The predicted octanol–water partition coefficient (Wildman–Crippen LogP) is 1.26. The molecule has 95 valence electrons. The van der Waals surface area contributed by atoms with E-state index in [4.69, 9.17) is 14.4 Å². The van der Waals surface area contributed by atoms with Gasteiger partial charge in [0.2, 0.25) is 0 Å². The summed E-state index contributed by atoms with van der Waals surface area (Å²) in [5.41, 5.74) is 1.24. The molecule has 0 saturated carbocycles. The molecule has 1 aliphatic rings. The van der Waals surface area contributed by atoms with Gasteiger partial charge >= 0.3 is 0 Å². The van der Waals surface area contributed by atoms with Gasteiger partial charge in [0, 0.05) is 17.1 Å². The largest absolute Gasteiger partial charge is 0.366 e. The second-order valence-corrected chi connectivity index (χ2v) is 2.31. The molecule has 1 radical (unpaired) electrons. The van der Waals surface area contributed by atoms with Crippen LogP contribution in [0.5, 0.6) is 0 Å². The average molecular weight is 278 g/mol. The summed E-state index contributed by atoms with van der Waals surface area (Å²) in [6.45, 7) is 11.3. The Morgan fingerprint density at radius 1 is 1.18 bits per heavy atom. The molecule has 0 aromatic carbocycles. The number of Topliss-reactive ketones (excluding diaryl/α,β-unsaturated/α-hetero) is 1. The molecule has 0 heterocycles. The fourth-order valence-electron chi connectivity index (χ4n) is 0.790. The van der Waals surface area contributed by atoms with Crippen LogP contribution in [0.3, 0.4) is 0 Å². The fraction of sp³-hybridized carbons (Fsp3) is 0.167. The topological polar surface area (TPSA) is 68.3 Å². The van der Waals surface area contributed by atoms with Crippen molar-refractivity contribution in [3.05, 3.63) is 36.0 Å². The van der Waals surface area contributed by atoms with Crippen molar-refractivity contribution in [1.82, 2.24) is 0 Å². The van der Waals surface area contributed by atoms with Gasteiger partial charge in [-0.2, -0.15) is 17.7 Å². The van der Waals surface area contributed by atoms with Crippen LogP contribution in [-0.2, 0) is 36.2 Å². The zero-order valence-electron chi connectivity index (χ0n) is 9.70. The van der Waals surface area contributed by atoms with Crippen molar-refractivity contribution < 1.29 is 36.2 Å². The van der Waals surface area contributed by atoms with Crippen LogP contribution in [0.1, 0.15) is 13.3 Å². The van der Waals surface area contributed by atoms with Crippen molar-refractivity contribution >= 4 is 26.2 Å². The van der Waals surface area contributed by atoms with E-state index in [0.717, 1.165) is 6.42 Å². The molecule has 0 aromatic heterocycles. The van der Waals surface area contributed by atoms with Crippen LogP contribution in [0, 0.1) is 6.08 Å². The molecule has 0 atom stereocenters. The van der Waals surface area contributed by atoms with E-state index in [-0.39, 0.29) is 22.9 Å². The first-order valence-corrected chi connectivity index (χ1v) is 4.06. The molecule has 1 aliphatic carbocycles. The zero-order valence-corrected chi connectivity index (χ0v) is 10.9. The molecule has 0 fully saturated rings. The van der Waals surface area contributed by atoms with Gasteiger partial charge in [0.25, 0.3) is 0 Å². The molecule has 0 amide bonds. The van der Waals surface area contributed by atoms with Crippen molar-refractivity contribution in [3.63, 3.8) is 0 Å². The van der Waals surface area contributed by atoms with Crippen LogP contribution in [0.15, 0.2) is 29.9 Å². The molecule has 0 aliphatic heterocycles. The third-order valence-electron chi connectivity index (χ3n) is 1.33. The number of carbonyl (C=O) groups is 4. The van der Waals surface area contributed by atoms with E-state index >= 15 is 0 Å². The van der Waals surface area contributed by atoms with Crippen LogP contribution in [0.4, 0.5) is 0 Å². The van der Waals surface area contributed by atoms with E-state index in [1.54, 1.807) is 13.0 Å². The Labute approximate surface area is 112 Å². The minimum absolute atomic E-state index is 0. The van der Waals surface area contributed by atoms with E-state index < -0.39 is 0 Å². The Hall–Kier alpha value is -1.58. The quantitative estimate of drug-likeness (QED) is 0.433. The molecule has 0 saturated heterocycles. The van der Waals surface area contributed by atoms with Crippen molar-refractivity contribution in [1.29, 1.82) is 0 Å². The third-order valence-corrected chi connectivity index (χ3v) is 1.33. The van der Waals surface area contributed by atoms with Crippen LogP contribution in [0.25, 0.3) is 0 Å². The molecule has 0 unspecified atom stereocenters. The Bertz CT molecular complexity index is 277. The summed E-state index contributed by atoms with van der Waals surface area (Å²) in [4.78, 5) is 35.1. The molecule has 0 N–H and O–H groups in total. The third kappa shape index (κ3) is 12.4. The first-order valence-electron chi connectivity index (χ1n) is 4.06. The van der Waals surface area contributed by atoms with Gasteiger partial charge in [0.1, 0.15) is 20.4 Å². The van der Waals surface area contributed by atoms with Gasteiger partial charge in [-0.05, 0) is 6.92 Å². The summed E-state index contributed by atoms with van der Waals surface area (Å²) in [7, 11) is 0. The van der Waals surface area contributed by atoms with E-state index in [0.29, 0.717) is 11.1 Å². The van der Waals surface area contributed by atoms with Crippen molar-refractivity contribution in [3.8, 4) is 0 Å². The van der Waals surface area contributed by atoms with Gasteiger partial charge in [-0.25, -0.2) is 0 Å². The molecule has 1 rings (SSSR count). The number of hydrogen-bond donors (Lipinski definition) is 0. The number of rotatable bonds is 2. The van der Waals surface area contributed by atoms with Gasteiger partial charge in [-0.3, -0.25) is 0 Å². The normalized spacial score (nSPS) is 9.59. The number of ketones is 1. The first kappa shape index (κ1) is 24.6. The molecule has 0 spiro atoms. The smallest absolute Gasteiger partial charge is 0.106 e. The molecular weight excluding hydrogens is 263 g/mol. The van der Waals surface area contributed by atoms with E-state index in [2.05, 4.69) is 12.7 Å². The van der Waals surface area contributed by atoms with Crippen LogP contribution >= 0.6 is 0 Å². The maximum Gasteiger partial charge on any atom is 0.106 e. The van der Waals surface area contributed by atoms with E-state index in [1.807, 2.05) is 26.4 Å². The molecule has 5 heteroatoms. The van der Waals surface area contributed by atoms with Gasteiger partial charge in [0.05, 0.1) is 5.78 Å². The summed E-state index contributed by atoms with van der Waals surface area (Å²) < 4.78 is 0. The summed E-state index contributed by atoms with van der Waals surface area (Å²) >= 11 is 0. The van der Waals surface area contributed by atoms with Crippen molar-refractivity contribution in [2.45, 2.75) is 13.3 Å². The van der Waals surface area contributed by atoms with Crippen LogP contribution in [0.2, 0.25) is 0 Å². The molecular formula is C12H15MnO4-. The Kier molecular flexibility index (Phi) is 28.8. The standard InChI is InChI=1S/C9H9O.3CH2O.Mn/c1-7(2)9(10)8-5-3-4-6-8;3*1-2;/h3,5H,1,4H2,2H3;3*1H2;/q-1;;;;. The molecule has 17 heavy (non-hydrogen) atoms. The average Bonchev–Trinajstić information content (AvgIpc) is 2.89. The maximum absolute atomic E-state index is 11.1. The second-order valence-electron chi connectivity index (χ2n) is 2.31. The van der Waals surface area contributed by atoms with Gasteiger partial charge in [-0.15, -0.1) is 12.7 Å². The maximum atomic E-state index is 11.1. The summed E-state index contributed by atoms with van der Waals surface area (Å²) in [6, 6.07) is 0. The van der Waals surface area contributed by atoms with Crippen LogP contribution in [-0.4, -0.2) is 26.2 Å². The monoisotopic (exact) mass is 278 g/mol. The number of carbonyl (C=O) groups excluding carboxylic acids is 4. The molecule has 0 bridgehead atoms. The van der Waals surface area contributed by atoms with Crippen molar-refractivity contribution in [2.24, 2.45) is 0 Å². The predicted molar refractivity (Wildman–Crippen MR) is 61.7 cm³/mol. The number of hydrogen-bond acceptors (Lipinski definition) is 4. The van der Waals surface area contributed by atoms with E-state index in [9.17, 15) is 4.79 Å². The zero-order chi connectivity index (χ0) is 13.6. The molecule has 0 aromatic rings. The second kappa shape index (κ2) is 19.9. The Balaban J connectivity index is -0.000000106. The summed E-state index contributed by atoms with van der Waals surface area (Å²) in [5, 5.41) is 0. The summed E-state index contributed by atoms with van der Waals surface area (Å²) in [6.07, 6.45) is 7.39. The minimum Gasteiger partial charge on any atom is -0.366 e. The minimum atomic E-state index is 0. The van der Waals surface area contributed by atoms with Gasteiger partial charge in [0.15, 0.2) is 0 Å². The fourth-order valence-corrected chi connectivity index (χ4v) is 0.790.